The molecule has 2 N–H and O–H groups in total. The fourth-order valence-electron chi connectivity index (χ4n) is 3.99. The highest BCUT2D eigenvalue weighted by Gasteiger charge is 2.55. The maximum atomic E-state index is 11.8. The van der Waals surface area contributed by atoms with E-state index in [9.17, 15) is 23.4 Å². The average Bonchev–Trinajstić information content (AvgIpc) is 2.64. The number of carboxylic acids is 1. The summed E-state index contributed by atoms with van der Waals surface area (Å²) in [4.78, 5) is 11.8. The topological polar surface area (TPSA) is 91.7 Å². The number of hydrogen-bond acceptors (Lipinski definition) is 4. The van der Waals surface area contributed by atoms with Crippen LogP contribution in [0.3, 0.4) is 0 Å². The van der Waals surface area contributed by atoms with Crippen LogP contribution in [0.4, 0.5) is 0 Å². The van der Waals surface area contributed by atoms with Gasteiger partial charge in [0.2, 0.25) is 0 Å². The second kappa shape index (κ2) is 5.64. The van der Waals surface area contributed by atoms with Crippen molar-refractivity contribution in [3.8, 4) is 0 Å². The molecule has 5 nitrogen and oxygen atoms in total. The zero-order valence-corrected chi connectivity index (χ0v) is 12.7. The number of aliphatic hydroxyl groups excluding tert-OH is 1. The fraction of sp³-hybridized carbons (Fsp3) is 0.929. The van der Waals surface area contributed by atoms with E-state index in [1.165, 1.54) is 0 Å². The van der Waals surface area contributed by atoms with Crippen molar-refractivity contribution >= 4 is 15.8 Å². The van der Waals surface area contributed by atoms with Crippen LogP contribution in [0.1, 0.15) is 45.4 Å². The van der Waals surface area contributed by atoms with Gasteiger partial charge in [0, 0.05) is 5.92 Å². The van der Waals surface area contributed by atoms with Gasteiger partial charge in [0.1, 0.15) is 0 Å². The van der Waals surface area contributed by atoms with Gasteiger partial charge in [-0.25, -0.2) is 8.42 Å². The Bertz CT molecular complexity index is 462. The van der Waals surface area contributed by atoms with Gasteiger partial charge in [0.25, 0.3) is 0 Å². The number of carbonyl (C=O) groups is 1. The van der Waals surface area contributed by atoms with Gasteiger partial charge in [-0.3, -0.25) is 4.79 Å². The van der Waals surface area contributed by atoms with Crippen molar-refractivity contribution in [3.63, 3.8) is 0 Å². The average molecular weight is 304 g/mol. The van der Waals surface area contributed by atoms with E-state index in [4.69, 9.17) is 0 Å². The molecule has 2 unspecified atom stereocenters. The highest BCUT2D eigenvalue weighted by atomic mass is 32.2. The number of carboxylic acid groups (broad SMARTS) is 1. The van der Waals surface area contributed by atoms with Gasteiger partial charge in [-0.15, -0.1) is 0 Å². The Labute approximate surface area is 120 Å². The lowest BCUT2D eigenvalue weighted by atomic mass is 9.62. The van der Waals surface area contributed by atoms with Crippen LogP contribution >= 0.6 is 0 Å². The summed E-state index contributed by atoms with van der Waals surface area (Å²) in [6.07, 6.45) is 3.78. The van der Waals surface area contributed by atoms with Crippen LogP contribution in [-0.2, 0) is 14.6 Å². The van der Waals surface area contributed by atoms with Crippen molar-refractivity contribution in [2.45, 2.75) is 51.6 Å². The molecule has 0 aromatic heterocycles. The van der Waals surface area contributed by atoms with E-state index >= 15 is 0 Å². The lowest BCUT2D eigenvalue weighted by molar-refractivity contribution is -0.158. The summed E-state index contributed by atoms with van der Waals surface area (Å²) in [6, 6.07) is 0. The summed E-state index contributed by atoms with van der Waals surface area (Å²) in [5, 5.41) is 19.7. The molecule has 20 heavy (non-hydrogen) atoms. The third-order valence-electron chi connectivity index (χ3n) is 5.15. The van der Waals surface area contributed by atoms with Crippen molar-refractivity contribution in [2.75, 3.05) is 11.5 Å². The lowest BCUT2D eigenvalue weighted by Gasteiger charge is -2.41. The maximum Gasteiger partial charge on any atom is 0.310 e. The quantitative estimate of drug-likeness (QED) is 0.820. The summed E-state index contributed by atoms with van der Waals surface area (Å²) in [5.41, 5.74) is -1.05. The third-order valence-corrected chi connectivity index (χ3v) is 6.87. The van der Waals surface area contributed by atoms with E-state index in [2.05, 4.69) is 6.92 Å². The van der Waals surface area contributed by atoms with E-state index in [1.54, 1.807) is 0 Å². The standard InChI is InChI=1S/C14H24O5S/c1-2-3-10-4-6-14(7-5-10,13(16)17)11-8-20(18,19)9-12(11)15/h10-12,15H,2-9H2,1H3,(H,16,17). The van der Waals surface area contributed by atoms with Gasteiger partial charge in [0.15, 0.2) is 9.84 Å². The monoisotopic (exact) mass is 304 g/mol. The zero-order chi connectivity index (χ0) is 15.0. The Balaban J connectivity index is 2.18. The Morgan fingerprint density at radius 3 is 2.25 bits per heavy atom. The zero-order valence-electron chi connectivity index (χ0n) is 11.9. The maximum absolute atomic E-state index is 11.8. The highest BCUT2D eigenvalue weighted by molar-refractivity contribution is 7.91. The molecular formula is C14H24O5S. The number of rotatable bonds is 4. The molecule has 0 aromatic rings. The summed E-state index contributed by atoms with van der Waals surface area (Å²) < 4.78 is 23.3. The Morgan fingerprint density at radius 1 is 1.25 bits per heavy atom. The Morgan fingerprint density at radius 2 is 1.85 bits per heavy atom. The minimum Gasteiger partial charge on any atom is -0.481 e. The molecule has 6 heteroatoms. The summed E-state index contributed by atoms with van der Waals surface area (Å²) in [5.74, 6) is -1.51. The smallest absolute Gasteiger partial charge is 0.310 e. The van der Waals surface area contributed by atoms with Crippen LogP contribution in [0.5, 0.6) is 0 Å². The van der Waals surface area contributed by atoms with Gasteiger partial charge in [-0.2, -0.15) is 0 Å². The van der Waals surface area contributed by atoms with E-state index in [-0.39, 0.29) is 11.5 Å². The SMILES string of the molecule is CCCC1CCC(C(=O)O)(C2CS(=O)(=O)CC2O)CC1. The molecule has 0 amide bonds. The van der Waals surface area contributed by atoms with Gasteiger partial charge in [0.05, 0.1) is 23.0 Å². The van der Waals surface area contributed by atoms with Gasteiger partial charge >= 0.3 is 5.97 Å². The van der Waals surface area contributed by atoms with Crippen molar-refractivity contribution in [1.29, 1.82) is 0 Å². The number of sulfone groups is 1. The first-order chi connectivity index (χ1) is 9.31. The molecule has 2 aliphatic rings. The molecule has 1 aliphatic heterocycles. The molecule has 0 spiro atoms. The van der Waals surface area contributed by atoms with E-state index in [0.717, 1.165) is 25.7 Å². The summed E-state index contributed by atoms with van der Waals surface area (Å²) in [6.45, 7) is 2.12. The van der Waals surface area contributed by atoms with Crippen molar-refractivity contribution in [1.82, 2.24) is 0 Å². The van der Waals surface area contributed by atoms with Crippen LogP contribution in [0.15, 0.2) is 0 Å². The third kappa shape index (κ3) is 2.86. The van der Waals surface area contributed by atoms with E-state index in [0.29, 0.717) is 18.8 Å². The number of aliphatic carboxylic acids is 1. The van der Waals surface area contributed by atoms with Crippen LogP contribution in [-0.4, -0.2) is 42.2 Å². The molecule has 116 valence electrons. The minimum atomic E-state index is -3.30. The fourth-order valence-corrected chi connectivity index (χ4v) is 5.97. The van der Waals surface area contributed by atoms with E-state index < -0.39 is 33.2 Å². The van der Waals surface area contributed by atoms with Gasteiger partial charge in [-0.05, 0) is 31.6 Å². The van der Waals surface area contributed by atoms with Crippen molar-refractivity contribution in [2.24, 2.45) is 17.3 Å². The molecule has 2 rings (SSSR count). The van der Waals surface area contributed by atoms with Gasteiger partial charge in [-0.1, -0.05) is 19.8 Å². The second-order valence-electron chi connectivity index (χ2n) is 6.44. The molecular weight excluding hydrogens is 280 g/mol. The normalized spacial score (nSPS) is 40.6. The van der Waals surface area contributed by atoms with Crippen LogP contribution in [0.25, 0.3) is 0 Å². The summed E-state index contributed by atoms with van der Waals surface area (Å²) in [7, 11) is -3.30. The molecule has 1 aliphatic carbocycles. The molecule has 1 heterocycles. The minimum absolute atomic E-state index is 0.182. The Hall–Kier alpha value is -0.620. The van der Waals surface area contributed by atoms with Crippen LogP contribution < -0.4 is 0 Å². The highest BCUT2D eigenvalue weighted by Crippen LogP contribution is 2.49. The van der Waals surface area contributed by atoms with Crippen LogP contribution in [0, 0.1) is 17.3 Å². The predicted octanol–water partition coefficient (Wildman–Crippen LogP) is 1.45. The molecule has 1 saturated heterocycles. The second-order valence-corrected chi connectivity index (χ2v) is 8.60. The van der Waals surface area contributed by atoms with E-state index in [1.807, 2.05) is 0 Å². The molecule has 2 fully saturated rings. The molecule has 1 saturated carbocycles. The lowest BCUT2D eigenvalue weighted by Crippen LogP contribution is -2.46. The van der Waals surface area contributed by atoms with Crippen LogP contribution in [0.2, 0.25) is 0 Å². The first-order valence-corrected chi connectivity index (χ1v) is 9.25. The largest absolute Gasteiger partial charge is 0.481 e. The van der Waals surface area contributed by atoms with Gasteiger partial charge < -0.3 is 10.2 Å². The number of hydrogen-bond donors (Lipinski definition) is 2. The number of aliphatic hydroxyl groups is 1. The first kappa shape index (κ1) is 15.8. The molecule has 2 atom stereocenters. The van der Waals surface area contributed by atoms with Crippen molar-refractivity contribution in [3.05, 3.63) is 0 Å². The molecule has 0 aromatic carbocycles. The summed E-state index contributed by atoms with van der Waals surface area (Å²) >= 11 is 0. The molecule has 0 bridgehead atoms. The molecule has 0 radical (unpaired) electrons. The predicted molar refractivity (Wildman–Crippen MR) is 75.1 cm³/mol. The van der Waals surface area contributed by atoms with Crippen molar-refractivity contribution < 1.29 is 23.4 Å². The first-order valence-electron chi connectivity index (χ1n) is 7.42. The Kier molecular flexibility index (Phi) is 4.44.